The predicted molar refractivity (Wildman–Crippen MR) is 103 cm³/mol. The topological polar surface area (TPSA) is 67.9 Å². The molecule has 1 aromatic rings. The van der Waals surface area contributed by atoms with Gasteiger partial charge in [-0.05, 0) is 42.9 Å². The third-order valence-corrected chi connectivity index (χ3v) is 3.71. The first kappa shape index (κ1) is 19.2. The van der Waals surface area contributed by atoms with Crippen molar-refractivity contribution in [1.29, 1.82) is 0 Å². The van der Waals surface area contributed by atoms with Gasteiger partial charge in [-0.3, -0.25) is 19.8 Å². The second-order valence-corrected chi connectivity index (χ2v) is 5.54. The SMILES string of the molecule is C#CCOc1ccc(/C=C2\C(=O)NC(=S)N(CC=C)C2=O)cc1OCC. The van der Waals surface area contributed by atoms with Crippen LogP contribution in [-0.4, -0.2) is 41.6 Å². The van der Waals surface area contributed by atoms with Gasteiger partial charge in [0.2, 0.25) is 0 Å². The summed E-state index contributed by atoms with van der Waals surface area (Å²) in [5.41, 5.74) is 0.576. The fourth-order valence-electron chi connectivity index (χ4n) is 2.28. The monoisotopic (exact) mass is 370 g/mol. The minimum atomic E-state index is -0.550. The predicted octanol–water partition coefficient (Wildman–Crippen LogP) is 1.91. The summed E-state index contributed by atoms with van der Waals surface area (Å²) >= 11 is 5.02. The van der Waals surface area contributed by atoms with Gasteiger partial charge < -0.3 is 9.47 Å². The first-order valence-electron chi connectivity index (χ1n) is 7.84. The van der Waals surface area contributed by atoms with Crippen LogP contribution in [0.15, 0.2) is 36.4 Å². The molecule has 0 saturated carbocycles. The van der Waals surface area contributed by atoms with Crippen molar-refractivity contribution in [3.63, 3.8) is 0 Å². The highest BCUT2D eigenvalue weighted by Gasteiger charge is 2.32. The van der Waals surface area contributed by atoms with Crippen molar-refractivity contribution in [3.05, 3.63) is 42.0 Å². The molecule has 0 atom stereocenters. The standard InChI is InChI=1S/C19H18N2O4S/c1-4-9-21-18(23)14(17(22)20-19(21)26)11-13-7-8-15(25-10-5-2)16(12-13)24-6-3/h2,4,7-8,11-12H,1,6,9-10H2,3H3,(H,20,22,26)/b14-11+. The maximum absolute atomic E-state index is 12.5. The first-order valence-corrected chi connectivity index (χ1v) is 8.25. The van der Waals surface area contributed by atoms with Crippen molar-refractivity contribution in [3.8, 4) is 23.8 Å². The minimum absolute atomic E-state index is 0.0276. The number of carbonyl (C=O) groups excluding carboxylic acids is 2. The van der Waals surface area contributed by atoms with Crippen molar-refractivity contribution in [1.82, 2.24) is 10.2 Å². The summed E-state index contributed by atoms with van der Waals surface area (Å²) in [6, 6.07) is 5.05. The Hall–Kier alpha value is -3.11. The van der Waals surface area contributed by atoms with Gasteiger partial charge in [0, 0.05) is 6.54 Å². The van der Waals surface area contributed by atoms with Crippen LogP contribution in [0.2, 0.25) is 0 Å². The van der Waals surface area contributed by atoms with E-state index in [1.165, 1.54) is 17.1 Å². The van der Waals surface area contributed by atoms with Crippen molar-refractivity contribution < 1.29 is 19.1 Å². The lowest BCUT2D eigenvalue weighted by atomic mass is 10.1. The zero-order chi connectivity index (χ0) is 19.1. The van der Waals surface area contributed by atoms with Gasteiger partial charge in [-0.25, -0.2) is 0 Å². The second kappa shape index (κ2) is 8.83. The zero-order valence-electron chi connectivity index (χ0n) is 14.3. The van der Waals surface area contributed by atoms with E-state index < -0.39 is 11.8 Å². The zero-order valence-corrected chi connectivity index (χ0v) is 15.1. The average Bonchev–Trinajstić information content (AvgIpc) is 2.61. The van der Waals surface area contributed by atoms with Gasteiger partial charge in [-0.1, -0.05) is 18.1 Å². The summed E-state index contributed by atoms with van der Waals surface area (Å²) in [6.45, 7) is 6.16. The van der Waals surface area contributed by atoms with Crippen molar-refractivity contribution in [2.75, 3.05) is 19.8 Å². The Morgan fingerprint density at radius 2 is 2.12 bits per heavy atom. The van der Waals surface area contributed by atoms with E-state index in [-0.39, 0.29) is 23.8 Å². The molecule has 1 aliphatic heterocycles. The fraction of sp³-hybridized carbons (Fsp3) is 0.211. The van der Waals surface area contributed by atoms with E-state index in [0.29, 0.717) is 23.7 Å². The summed E-state index contributed by atoms with van der Waals surface area (Å²) in [6.07, 6.45) is 8.21. The highest BCUT2D eigenvalue weighted by Crippen LogP contribution is 2.29. The summed E-state index contributed by atoms with van der Waals surface area (Å²) in [4.78, 5) is 26.0. The Labute approximate surface area is 157 Å². The summed E-state index contributed by atoms with van der Waals surface area (Å²) < 4.78 is 11.0. The maximum atomic E-state index is 12.5. The third-order valence-electron chi connectivity index (χ3n) is 3.39. The molecule has 6 nitrogen and oxygen atoms in total. The molecule has 7 heteroatoms. The van der Waals surface area contributed by atoms with E-state index in [0.717, 1.165) is 0 Å². The number of hydrogen-bond donors (Lipinski definition) is 1. The van der Waals surface area contributed by atoms with Gasteiger partial charge in [0.05, 0.1) is 6.61 Å². The molecule has 1 heterocycles. The Morgan fingerprint density at radius 3 is 2.77 bits per heavy atom. The Balaban J connectivity index is 2.37. The van der Waals surface area contributed by atoms with Crippen LogP contribution in [0.1, 0.15) is 12.5 Å². The molecule has 134 valence electrons. The molecular weight excluding hydrogens is 352 g/mol. The number of amides is 2. The average molecular weight is 370 g/mol. The lowest BCUT2D eigenvalue weighted by molar-refractivity contribution is -0.128. The van der Waals surface area contributed by atoms with Crippen LogP contribution in [0.5, 0.6) is 11.5 Å². The van der Waals surface area contributed by atoms with Crippen LogP contribution in [0, 0.1) is 12.3 Å². The van der Waals surface area contributed by atoms with E-state index in [1.54, 1.807) is 18.2 Å². The molecule has 0 aromatic heterocycles. The number of terminal acetylenes is 1. The first-order chi connectivity index (χ1) is 12.5. The van der Waals surface area contributed by atoms with Crippen LogP contribution >= 0.6 is 12.2 Å². The molecule has 0 bridgehead atoms. The van der Waals surface area contributed by atoms with Crippen molar-refractivity contribution >= 4 is 35.2 Å². The van der Waals surface area contributed by atoms with Crippen molar-refractivity contribution in [2.45, 2.75) is 6.92 Å². The quantitative estimate of drug-likeness (QED) is 0.261. The van der Waals surface area contributed by atoms with Crippen LogP contribution in [0.3, 0.4) is 0 Å². The van der Waals surface area contributed by atoms with Crippen LogP contribution < -0.4 is 14.8 Å². The van der Waals surface area contributed by atoms with Gasteiger partial charge in [-0.15, -0.1) is 13.0 Å². The third kappa shape index (κ3) is 4.29. The highest BCUT2D eigenvalue weighted by atomic mass is 32.1. The number of benzene rings is 1. The molecule has 2 amide bonds. The largest absolute Gasteiger partial charge is 0.490 e. The summed E-state index contributed by atoms with van der Waals surface area (Å²) in [5, 5.41) is 2.56. The number of carbonyl (C=O) groups is 2. The van der Waals surface area contributed by atoms with Gasteiger partial charge >= 0.3 is 0 Å². The number of nitrogens with one attached hydrogen (secondary N) is 1. The van der Waals surface area contributed by atoms with E-state index in [4.69, 9.17) is 28.1 Å². The molecule has 0 aliphatic carbocycles. The lowest BCUT2D eigenvalue weighted by Gasteiger charge is -2.27. The summed E-state index contributed by atoms with van der Waals surface area (Å²) in [7, 11) is 0. The van der Waals surface area contributed by atoms with Gasteiger partial charge in [0.15, 0.2) is 16.6 Å². The fourth-order valence-corrected chi connectivity index (χ4v) is 2.53. The van der Waals surface area contributed by atoms with Crippen molar-refractivity contribution in [2.24, 2.45) is 0 Å². The van der Waals surface area contributed by atoms with Crippen LogP contribution in [0.25, 0.3) is 6.08 Å². The molecule has 2 rings (SSSR count). The lowest BCUT2D eigenvalue weighted by Crippen LogP contribution is -2.53. The minimum Gasteiger partial charge on any atom is -0.490 e. The van der Waals surface area contributed by atoms with Crippen LogP contribution in [-0.2, 0) is 9.59 Å². The van der Waals surface area contributed by atoms with E-state index >= 15 is 0 Å². The Morgan fingerprint density at radius 1 is 1.35 bits per heavy atom. The second-order valence-electron chi connectivity index (χ2n) is 5.15. The molecule has 0 spiro atoms. The maximum Gasteiger partial charge on any atom is 0.265 e. The van der Waals surface area contributed by atoms with Crippen LogP contribution in [0.4, 0.5) is 0 Å². The molecule has 1 aliphatic rings. The highest BCUT2D eigenvalue weighted by molar-refractivity contribution is 7.80. The van der Waals surface area contributed by atoms with Gasteiger partial charge in [0.25, 0.3) is 11.8 Å². The molecule has 1 aromatic carbocycles. The van der Waals surface area contributed by atoms with E-state index in [1.807, 2.05) is 6.92 Å². The van der Waals surface area contributed by atoms with E-state index in [2.05, 4.69) is 17.8 Å². The molecule has 0 radical (unpaired) electrons. The Kier molecular flexibility index (Phi) is 6.53. The Bertz CT molecular complexity index is 823. The molecule has 26 heavy (non-hydrogen) atoms. The molecule has 1 fully saturated rings. The number of thiocarbonyl (C=S) groups is 1. The molecular formula is C19H18N2O4S. The number of hydrogen-bond acceptors (Lipinski definition) is 5. The molecule has 1 N–H and O–H groups in total. The molecule has 1 saturated heterocycles. The molecule has 0 unspecified atom stereocenters. The number of rotatable bonds is 7. The normalized spacial score (nSPS) is 15.5. The van der Waals surface area contributed by atoms with Gasteiger partial charge in [-0.2, -0.15) is 0 Å². The van der Waals surface area contributed by atoms with Gasteiger partial charge in [0.1, 0.15) is 12.2 Å². The number of nitrogens with zero attached hydrogens (tertiary/aromatic N) is 1. The smallest absolute Gasteiger partial charge is 0.265 e. The summed E-state index contributed by atoms with van der Waals surface area (Å²) in [5.74, 6) is 2.31. The van der Waals surface area contributed by atoms with E-state index in [9.17, 15) is 9.59 Å². The number of ether oxygens (including phenoxy) is 2.